The number of carbonyl (C=O) groups is 2. The summed E-state index contributed by atoms with van der Waals surface area (Å²) in [5, 5.41) is 8.93. The topological polar surface area (TPSA) is 85.6 Å². The van der Waals surface area contributed by atoms with Crippen molar-refractivity contribution in [3.05, 3.63) is 29.3 Å². The van der Waals surface area contributed by atoms with Crippen LogP contribution < -0.4 is 9.47 Å². The normalized spacial score (nSPS) is 10.5. The average Bonchev–Trinajstić information content (AvgIpc) is 2.53. The van der Waals surface area contributed by atoms with Crippen molar-refractivity contribution in [1.29, 1.82) is 5.26 Å². The molecule has 1 rings (SSSR count). The Hall–Kier alpha value is -2.81. The van der Waals surface area contributed by atoms with Crippen molar-refractivity contribution >= 4 is 18.0 Å². The zero-order valence-corrected chi connectivity index (χ0v) is 12.7. The maximum absolute atomic E-state index is 11.5. The highest BCUT2D eigenvalue weighted by Gasteiger charge is 2.12. The smallest absolute Gasteiger partial charge is 0.348 e. The second-order valence-electron chi connectivity index (χ2n) is 4.30. The second-order valence-corrected chi connectivity index (χ2v) is 4.30. The molecule has 1 aromatic carbocycles. The lowest BCUT2D eigenvalue weighted by molar-refractivity contribution is -0.136. The number of nitriles is 1. The van der Waals surface area contributed by atoms with Crippen LogP contribution in [-0.2, 0) is 14.3 Å². The van der Waals surface area contributed by atoms with E-state index in [2.05, 4.69) is 4.74 Å². The minimum atomic E-state index is -0.722. The molecule has 0 aliphatic rings. The van der Waals surface area contributed by atoms with Crippen LogP contribution in [0.15, 0.2) is 23.8 Å². The standard InChI is InChI=1S/C16H17NO5/c1-4-5-15(18)22-13-7-6-11(9-14(13)20-2)8-12(10-17)16(19)21-3/h6-9H,4-5H2,1-3H3/b12-8+. The van der Waals surface area contributed by atoms with Gasteiger partial charge in [0.05, 0.1) is 14.2 Å². The molecular weight excluding hydrogens is 286 g/mol. The van der Waals surface area contributed by atoms with Gasteiger partial charge in [0.15, 0.2) is 11.5 Å². The van der Waals surface area contributed by atoms with Crippen LogP contribution in [0.4, 0.5) is 0 Å². The van der Waals surface area contributed by atoms with E-state index in [-0.39, 0.29) is 17.3 Å². The van der Waals surface area contributed by atoms with Gasteiger partial charge in [-0.1, -0.05) is 13.0 Å². The number of ether oxygens (including phenoxy) is 3. The fraction of sp³-hybridized carbons (Fsp3) is 0.312. The van der Waals surface area contributed by atoms with Crippen molar-refractivity contribution in [2.45, 2.75) is 19.8 Å². The number of esters is 2. The molecule has 0 aliphatic carbocycles. The van der Waals surface area contributed by atoms with Crippen molar-refractivity contribution < 1.29 is 23.8 Å². The highest BCUT2D eigenvalue weighted by Crippen LogP contribution is 2.29. The van der Waals surface area contributed by atoms with Crippen LogP contribution in [0, 0.1) is 11.3 Å². The zero-order valence-electron chi connectivity index (χ0n) is 12.7. The van der Waals surface area contributed by atoms with E-state index in [0.717, 1.165) is 0 Å². The summed E-state index contributed by atoms with van der Waals surface area (Å²) in [4.78, 5) is 22.9. The highest BCUT2D eigenvalue weighted by atomic mass is 16.6. The summed E-state index contributed by atoms with van der Waals surface area (Å²) in [6, 6.07) is 6.48. The first-order valence-electron chi connectivity index (χ1n) is 6.64. The van der Waals surface area contributed by atoms with Crippen LogP contribution in [0.25, 0.3) is 6.08 Å². The molecule has 0 saturated heterocycles. The van der Waals surface area contributed by atoms with E-state index in [1.54, 1.807) is 24.3 Å². The van der Waals surface area contributed by atoms with Gasteiger partial charge in [0.1, 0.15) is 11.6 Å². The minimum absolute atomic E-state index is 0.139. The Kier molecular flexibility index (Phi) is 6.64. The van der Waals surface area contributed by atoms with Crippen LogP contribution in [-0.4, -0.2) is 26.2 Å². The summed E-state index contributed by atoms with van der Waals surface area (Å²) in [5.41, 5.74) is 0.411. The van der Waals surface area contributed by atoms with E-state index < -0.39 is 5.97 Å². The molecule has 0 fully saturated rings. The third-order valence-corrected chi connectivity index (χ3v) is 2.70. The van der Waals surface area contributed by atoms with E-state index in [4.69, 9.17) is 14.7 Å². The molecule has 0 atom stereocenters. The van der Waals surface area contributed by atoms with Gasteiger partial charge in [-0.05, 0) is 30.2 Å². The molecule has 0 heterocycles. The van der Waals surface area contributed by atoms with Crippen LogP contribution >= 0.6 is 0 Å². The lowest BCUT2D eigenvalue weighted by Crippen LogP contribution is -2.08. The summed E-state index contributed by atoms with van der Waals surface area (Å²) in [6.45, 7) is 1.88. The third-order valence-electron chi connectivity index (χ3n) is 2.70. The molecule has 116 valence electrons. The largest absolute Gasteiger partial charge is 0.493 e. The minimum Gasteiger partial charge on any atom is -0.493 e. The number of hydrogen-bond acceptors (Lipinski definition) is 6. The number of methoxy groups -OCH3 is 2. The Morgan fingerprint density at radius 3 is 2.55 bits per heavy atom. The predicted molar refractivity (Wildman–Crippen MR) is 79.1 cm³/mol. The third kappa shape index (κ3) is 4.63. The van der Waals surface area contributed by atoms with Crippen molar-refractivity contribution in [2.75, 3.05) is 14.2 Å². The fourth-order valence-corrected chi connectivity index (χ4v) is 1.65. The van der Waals surface area contributed by atoms with Gasteiger partial charge in [-0.2, -0.15) is 5.26 Å². The van der Waals surface area contributed by atoms with Crippen LogP contribution in [0.3, 0.4) is 0 Å². The van der Waals surface area contributed by atoms with E-state index in [9.17, 15) is 9.59 Å². The van der Waals surface area contributed by atoms with Crippen LogP contribution in [0.5, 0.6) is 11.5 Å². The Morgan fingerprint density at radius 1 is 1.27 bits per heavy atom. The van der Waals surface area contributed by atoms with Gasteiger partial charge in [-0.25, -0.2) is 4.79 Å². The Balaban J connectivity index is 3.07. The van der Waals surface area contributed by atoms with Crippen molar-refractivity contribution in [3.8, 4) is 17.6 Å². The second kappa shape index (κ2) is 8.47. The monoisotopic (exact) mass is 303 g/mol. The number of benzene rings is 1. The molecular formula is C16H17NO5. The van der Waals surface area contributed by atoms with Crippen LogP contribution in [0.2, 0.25) is 0 Å². The number of nitrogens with zero attached hydrogens (tertiary/aromatic N) is 1. The summed E-state index contributed by atoms with van der Waals surface area (Å²) < 4.78 is 14.9. The highest BCUT2D eigenvalue weighted by molar-refractivity contribution is 5.97. The molecule has 0 aromatic heterocycles. The van der Waals surface area contributed by atoms with E-state index >= 15 is 0 Å². The molecule has 0 unspecified atom stereocenters. The molecule has 6 heteroatoms. The summed E-state index contributed by atoms with van der Waals surface area (Å²) >= 11 is 0. The quantitative estimate of drug-likeness (QED) is 0.347. The Bertz CT molecular complexity index is 628. The molecule has 22 heavy (non-hydrogen) atoms. The predicted octanol–water partition coefficient (Wildman–Crippen LogP) is 2.48. The molecule has 6 nitrogen and oxygen atoms in total. The summed E-state index contributed by atoms with van der Waals surface area (Å²) in [6.07, 6.45) is 2.37. The first-order valence-corrected chi connectivity index (χ1v) is 6.64. The van der Waals surface area contributed by atoms with Gasteiger partial charge in [0.2, 0.25) is 0 Å². The lowest BCUT2D eigenvalue weighted by atomic mass is 10.1. The number of hydrogen-bond donors (Lipinski definition) is 0. The van der Waals surface area contributed by atoms with Crippen molar-refractivity contribution in [2.24, 2.45) is 0 Å². The zero-order chi connectivity index (χ0) is 16.5. The molecule has 0 saturated carbocycles. The van der Waals surface area contributed by atoms with Crippen LogP contribution in [0.1, 0.15) is 25.3 Å². The SMILES string of the molecule is CCCC(=O)Oc1ccc(/C=C(\C#N)C(=O)OC)cc1OC. The molecule has 0 aliphatic heterocycles. The molecule has 0 radical (unpaired) electrons. The number of carbonyl (C=O) groups excluding carboxylic acids is 2. The van der Waals surface area contributed by atoms with Gasteiger partial charge >= 0.3 is 11.9 Å². The van der Waals surface area contributed by atoms with Gasteiger partial charge < -0.3 is 14.2 Å². The molecule has 0 bridgehead atoms. The lowest BCUT2D eigenvalue weighted by Gasteiger charge is -2.09. The van der Waals surface area contributed by atoms with E-state index in [1.165, 1.54) is 20.3 Å². The van der Waals surface area contributed by atoms with Gasteiger partial charge in [0.25, 0.3) is 0 Å². The number of rotatable bonds is 6. The van der Waals surface area contributed by atoms with Gasteiger partial charge in [-0.15, -0.1) is 0 Å². The summed E-state index contributed by atoms with van der Waals surface area (Å²) in [5.74, 6) is -0.452. The van der Waals surface area contributed by atoms with E-state index in [0.29, 0.717) is 24.2 Å². The molecule has 1 aromatic rings. The Labute approximate surface area is 128 Å². The first-order chi connectivity index (χ1) is 10.5. The molecule has 0 spiro atoms. The molecule has 0 N–H and O–H groups in total. The van der Waals surface area contributed by atoms with Gasteiger partial charge in [0, 0.05) is 6.42 Å². The van der Waals surface area contributed by atoms with Gasteiger partial charge in [-0.3, -0.25) is 4.79 Å². The van der Waals surface area contributed by atoms with Crippen molar-refractivity contribution in [1.82, 2.24) is 0 Å². The van der Waals surface area contributed by atoms with Crippen molar-refractivity contribution in [3.63, 3.8) is 0 Å². The molecule has 0 amide bonds. The maximum Gasteiger partial charge on any atom is 0.348 e. The Morgan fingerprint density at radius 2 is 2.00 bits per heavy atom. The first kappa shape index (κ1) is 17.2. The van der Waals surface area contributed by atoms with E-state index in [1.807, 2.05) is 6.92 Å². The average molecular weight is 303 g/mol. The summed E-state index contributed by atoms with van der Waals surface area (Å²) in [7, 11) is 2.63. The maximum atomic E-state index is 11.5. The fourth-order valence-electron chi connectivity index (χ4n) is 1.65.